The number of nitrogens with zero attached hydrogens (tertiary/aromatic N) is 4. The van der Waals surface area contributed by atoms with Gasteiger partial charge in [0.2, 0.25) is 5.91 Å². The number of carbonyl (C=O) groups excluding carboxylic acids is 2. The fourth-order valence-electron chi connectivity index (χ4n) is 3.58. The topological polar surface area (TPSA) is 86.0 Å². The van der Waals surface area contributed by atoms with Gasteiger partial charge in [-0.15, -0.1) is 0 Å². The van der Waals surface area contributed by atoms with Gasteiger partial charge in [0.1, 0.15) is 6.54 Å². The van der Waals surface area contributed by atoms with Gasteiger partial charge in [0.15, 0.2) is 5.65 Å². The number of rotatable bonds is 9. The summed E-state index contributed by atoms with van der Waals surface area (Å²) >= 11 is 0. The Kier molecular flexibility index (Phi) is 6.99. The lowest BCUT2D eigenvalue weighted by Gasteiger charge is -2.21. The molecule has 0 atom stereocenters. The van der Waals surface area contributed by atoms with Crippen LogP contribution in [0, 0.1) is 13.8 Å². The Balaban J connectivity index is 1.80. The molecule has 0 aliphatic heterocycles. The number of carbonyl (C=O) groups is 2. The Hall–Kier alpha value is -3.00. The maximum Gasteiger partial charge on any atom is 0.325 e. The van der Waals surface area contributed by atoms with Gasteiger partial charge in [-0.2, -0.15) is 5.10 Å². The molecule has 3 rings (SSSR count). The number of fused-ring (bicyclic) bond motifs is 3. The molecule has 0 aliphatic rings. The number of hydrogen-bond donors (Lipinski definition) is 0. The predicted octanol–water partition coefficient (Wildman–Crippen LogP) is 2.47. The average molecular weight is 412 g/mol. The number of aryl methyl sites for hydroxylation is 2. The third-order valence-corrected chi connectivity index (χ3v) is 5.15. The molecule has 30 heavy (non-hydrogen) atoms. The molecule has 160 valence electrons. The second-order valence-electron chi connectivity index (χ2n) is 7.13. The van der Waals surface area contributed by atoms with Crippen LogP contribution >= 0.6 is 0 Å². The highest BCUT2D eigenvalue weighted by Gasteiger charge is 2.20. The summed E-state index contributed by atoms with van der Waals surface area (Å²) in [6, 6.07) is 7.90. The molecule has 2 heterocycles. The second-order valence-corrected chi connectivity index (χ2v) is 7.13. The standard InChI is InChI=1S/C22H28N4O4/c1-5-30-21(28)14-25(12-13-29-4)20(27)11-10-17-15(2)23-22-18-8-6-7-9-19(18)24-26(22)16(17)3/h6-9H,5,10-14H2,1-4H3. The van der Waals surface area contributed by atoms with Crippen LogP contribution in [0.15, 0.2) is 24.3 Å². The van der Waals surface area contributed by atoms with Crippen LogP contribution in [0.1, 0.15) is 30.3 Å². The van der Waals surface area contributed by atoms with Crippen molar-refractivity contribution in [3.8, 4) is 0 Å². The van der Waals surface area contributed by atoms with E-state index in [0.717, 1.165) is 33.5 Å². The van der Waals surface area contributed by atoms with Crippen LogP contribution in [0.5, 0.6) is 0 Å². The van der Waals surface area contributed by atoms with E-state index in [4.69, 9.17) is 14.5 Å². The molecule has 0 fully saturated rings. The van der Waals surface area contributed by atoms with Crippen molar-refractivity contribution in [3.05, 3.63) is 41.2 Å². The summed E-state index contributed by atoms with van der Waals surface area (Å²) in [4.78, 5) is 30.9. The summed E-state index contributed by atoms with van der Waals surface area (Å²) in [5.74, 6) is -0.537. The molecule has 3 aromatic rings. The van der Waals surface area contributed by atoms with Crippen LogP contribution in [0.2, 0.25) is 0 Å². The van der Waals surface area contributed by atoms with Gasteiger partial charge in [-0.3, -0.25) is 9.59 Å². The van der Waals surface area contributed by atoms with Gasteiger partial charge >= 0.3 is 5.97 Å². The summed E-state index contributed by atoms with van der Waals surface area (Å²) in [7, 11) is 1.56. The van der Waals surface area contributed by atoms with Crippen LogP contribution in [0.4, 0.5) is 0 Å². The fraction of sp³-hybridized carbons (Fsp3) is 0.455. The van der Waals surface area contributed by atoms with Crippen molar-refractivity contribution in [2.24, 2.45) is 0 Å². The van der Waals surface area contributed by atoms with E-state index in [1.807, 2.05) is 42.6 Å². The number of amides is 1. The van der Waals surface area contributed by atoms with Gasteiger partial charge in [-0.05, 0) is 44.9 Å². The number of hydrogen-bond acceptors (Lipinski definition) is 6. The van der Waals surface area contributed by atoms with E-state index in [-0.39, 0.29) is 25.5 Å². The number of aromatic nitrogens is 3. The minimum Gasteiger partial charge on any atom is -0.465 e. The molecule has 0 saturated carbocycles. The first-order valence-electron chi connectivity index (χ1n) is 10.1. The molecule has 0 unspecified atom stereocenters. The molecule has 0 radical (unpaired) electrons. The average Bonchev–Trinajstić information content (AvgIpc) is 3.09. The molecule has 1 amide bonds. The molecule has 1 aromatic carbocycles. The van der Waals surface area contributed by atoms with E-state index in [9.17, 15) is 9.59 Å². The Morgan fingerprint density at radius 2 is 1.97 bits per heavy atom. The first kappa shape index (κ1) is 21.7. The summed E-state index contributed by atoms with van der Waals surface area (Å²) in [5.41, 5.74) is 4.55. The Bertz CT molecular complexity index is 1060. The van der Waals surface area contributed by atoms with Gasteiger partial charge in [0.05, 0.1) is 18.7 Å². The molecular formula is C22H28N4O4. The van der Waals surface area contributed by atoms with Crippen LogP contribution < -0.4 is 0 Å². The van der Waals surface area contributed by atoms with E-state index < -0.39 is 5.97 Å². The summed E-state index contributed by atoms with van der Waals surface area (Å²) in [6.45, 7) is 6.60. The van der Waals surface area contributed by atoms with Crippen molar-refractivity contribution in [2.45, 2.75) is 33.6 Å². The monoisotopic (exact) mass is 412 g/mol. The molecule has 8 nitrogen and oxygen atoms in total. The zero-order valence-electron chi connectivity index (χ0n) is 18.0. The maximum atomic E-state index is 12.8. The summed E-state index contributed by atoms with van der Waals surface area (Å²) in [5, 5.41) is 5.67. The quantitative estimate of drug-likeness (QED) is 0.502. The maximum absolute atomic E-state index is 12.8. The van der Waals surface area contributed by atoms with Gasteiger partial charge in [-0.1, -0.05) is 12.1 Å². The van der Waals surface area contributed by atoms with Crippen LogP contribution in [-0.2, 0) is 25.5 Å². The smallest absolute Gasteiger partial charge is 0.325 e. The molecule has 0 aliphatic carbocycles. The second kappa shape index (κ2) is 9.67. The zero-order valence-corrected chi connectivity index (χ0v) is 18.0. The van der Waals surface area contributed by atoms with Gasteiger partial charge in [0, 0.05) is 36.8 Å². The van der Waals surface area contributed by atoms with Crippen LogP contribution in [0.25, 0.3) is 16.6 Å². The lowest BCUT2D eigenvalue weighted by Crippen LogP contribution is -2.38. The predicted molar refractivity (Wildman–Crippen MR) is 113 cm³/mol. The van der Waals surface area contributed by atoms with E-state index in [1.54, 1.807) is 14.0 Å². The highest BCUT2D eigenvalue weighted by molar-refractivity contribution is 5.92. The molecule has 0 N–H and O–H groups in total. The minimum absolute atomic E-state index is 0.0736. The largest absolute Gasteiger partial charge is 0.465 e. The number of esters is 1. The summed E-state index contributed by atoms with van der Waals surface area (Å²) in [6.07, 6.45) is 0.778. The molecule has 8 heteroatoms. The zero-order chi connectivity index (χ0) is 21.7. The van der Waals surface area contributed by atoms with Gasteiger partial charge in [-0.25, -0.2) is 9.50 Å². The van der Waals surface area contributed by atoms with Crippen molar-refractivity contribution in [1.29, 1.82) is 0 Å². The Morgan fingerprint density at radius 1 is 1.20 bits per heavy atom. The SMILES string of the molecule is CCOC(=O)CN(CCOC)C(=O)CCc1c(C)nc2c3ccccc3nn2c1C. The number of methoxy groups -OCH3 is 1. The molecular weight excluding hydrogens is 384 g/mol. The van der Waals surface area contributed by atoms with E-state index >= 15 is 0 Å². The van der Waals surface area contributed by atoms with Crippen molar-refractivity contribution in [2.75, 3.05) is 33.4 Å². The van der Waals surface area contributed by atoms with E-state index in [1.165, 1.54) is 4.90 Å². The molecule has 2 aromatic heterocycles. The van der Waals surface area contributed by atoms with Crippen LogP contribution in [-0.4, -0.2) is 64.8 Å². The lowest BCUT2D eigenvalue weighted by atomic mass is 10.1. The van der Waals surface area contributed by atoms with Gasteiger partial charge < -0.3 is 14.4 Å². The van der Waals surface area contributed by atoms with E-state index in [2.05, 4.69) is 5.10 Å². The third-order valence-electron chi connectivity index (χ3n) is 5.15. The lowest BCUT2D eigenvalue weighted by molar-refractivity contribution is -0.149. The Labute approximate surface area is 175 Å². The summed E-state index contributed by atoms with van der Waals surface area (Å²) < 4.78 is 11.9. The van der Waals surface area contributed by atoms with Crippen molar-refractivity contribution in [1.82, 2.24) is 19.5 Å². The highest BCUT2D eigenvalue weighted by Crippen LogP contribution is 2.23. The van der Waals surface area contributed by atoms with Gasteiger partial charge in [0.25, 0.3) is 0 Å². The normalized spacial score (nSPS) is 11.2. The highest BCUT2D eigenvalue weighted by atomic mass is 16.5. The van der Waals surface area contributed by atoms with E-state index in [0.29, 0.717) is 19.6 Å². The Morgan fingerprint density at radius 3 is 2.70 bits per heavy atom. The molecule has 0 spiro atoms. The van der Waals surface area contributed by atoms with Crippen molar-refractivity contribution >= 4 is 28.4 Å². The molecule has 0 bridgehead atoms. The first-order chi connectivity index (χ1) is 14.5. The van der Waals surface area contributed by atoms with Crippen molar-refractivity contribution < 1.29 is 19.1 Å². The number of benzene rings is 1. The first-order valence-corrected chi connectivity index (χ1v) is 10.1. The van der Waals surface area contributed by atoms with Crippen LogP contribution in [0.3, 0.4) is 0 Å². The number of ether oxygens (including phenoxy) is 2. The fourth-order valence-corrected chi connectivity index (χ4v) is 3.58. The third kappa shape index (κ3) is 4.59. The van der Waals surface area contributed by atoms with Crippen molar-refractivity contribution in [3.63, 3.8) is 0 Å². The molecule has 0 saturated heterocycles. The minimum atomic E-state index is -0.416.